The molecule has 1 aromatic heterocycles. The normalized spacial score (nSPS) is 15.2. The topological polar surface area (TPSA) is 43.8 Å². The highest BCUT2D eigenvalue weighted by Crippen LogP contribution is 2.41. The summed E-state index contributed by atoms with van der Waals surface area (Å²) in [6.45, 7) is 2.00. The first-order valence-electron chi connectivity index (χ1n) is 5.77. The Morgan fingerprint density at radius 2 is 2.06 bits per heavy atom. The van der Waals surface area contributed by atoms with E-state index < -0.39 is 0 Å². The van der Waals surface area contributed by atoms with Crippen molar-refractivity contribution in [2.75, 3.05) is 5.73 Å². The molecule has 2 N–H and O–H groups in total. The van der Waals surface area contributed by atoms with Crippen LogP contribution in [0.15, 0.2) is 24.3 Å². The van der Waals surface area contributed by atoms with Gasteiger partial charge in [-0.05, 0) is 25.8 Å². The van der Waals surface area contributed by atoms with Gasteiger partial charge in [0, 0.05) is 11.6 Å². The molecule has 1 aliphatic carbocycles. The molecule has 1 saturated carbocycles. The predicted molar refractivity (Wildman–Crippen MR) is 70.1 cm³/mol. The number of aryl methyl sites for hydroxylation is 1. The molecule has 3 rings (SSSR count). The van der Waals surface area contributed by atoms with Gasteiger partial charge in [0.2, 0.25) is 0 Å². The number of benzene rings is 1. The minimum atomic E-state index is 0.540. The SMILES string of the molecule is Cc1nc(-c2ccccc2Cl)c(N)n1C1CC1. The van der Waals surface area contributed by atoms with E-state index in [1.165, 1.54) is 12.8 Å². The van der Waals surface area contributed by atoms with Crippen molar-refractivity contribution in [3.05, 3.63) is 35.1 Å². The molecule has 0 aliphatic heterocycles. The first-order valence-corrected chi connectivity index (χ1v) is 6.15. The number of anilines is 1. The third kappa shape index (κ3) is 1.71. The Labute approximate surface area is 105 Å². The molecule has 17 heavy (non-hydrogen) atoms. The lowest BCUT2D eigenvalue weighted by atomic mass is 10.1. The molecule has 3 nitrogen and oxygen atoms in total. The van der Waals surface area contributed by atoms with Crippen molar-refractivity contribution in [1.29, 1.82) is 0 Å². The van der Waals surface area contributed by atoms with Crippen molar-refractivity contribution >= 4 is 17.4 Å². The van der Waals surface area contributed by atoms with Gasteiger partial charge in [0.25, 0.3) is 0 Å². The van der Waals surface area contributed by atoms with E-state index in [0.717, 1.165) is 22.9 Å². The Kier molecular flexibility index (Phi) is 2.37. The minimum Gasteiger partial charge on any atom is -0.383 e. The van der Waals surface area contributed by atoms with E-state index in [2.05, 4.69) is 9.55 Å². The zero-order valence-electron chi connectivity index (χ0n) is 9.65. The summed E-state index contributed by atoms with van der Waals surface area (Å²) in [5, 5.41) is 0.694. The largest absolute Gasteiger partial charge is 0.383 e. The molecule has 0 radical (unpaired) electrons. The zero-order chi connectivity index (χ0) is 12.0. The Bertz CT molecular complexity index is 570. The molecule has 88 valence electrons. The van der Waals surface area contributed by atoms with Crippen molar-refractivity contribution in [3.8, 4) is 11.3 Å². The average molecular weight is 248 g/mol. The molecule has 4 heteroatoms. The standard InChI is InChI=1S/C13H14ClN3/c1-8-16-12(10-4-2-3-5-11(10)14)13(15)17(8)9-6-7-9/h2-5,9H,6-7,15H2,1H3. The van der Waals surface area contributed by atoms with Crippen LogP contribution in [0.25, 0.3) is 11.3 Å². The molecule has 1 aliphatic rings. The number of nitrogens with zero attached hydrogens (tertiary/aromatic N) is 2. The van der Waals surface area contributed by atoms with Crippen molar-refractivity contribution < 1.29 is 0 Å². The van der Waals surface area contributed by atoms with Crippen LogP contribution < -0.4 is 5.73 Å². The molecule has 0 amide bonds. The van der Waals surface area contributed by atoms with Gasteiger partial charge in [0.05, 0.1) is 5.02 Å². The number of hydrogen-bond donors (Lipinski definition) is 1. The van der Waals surface area contributed by atoms with E-state index in [1.807, 2.05) is 31.2 Å². The van der Waals surface area contributed by atoms with E-state index in [-0.39, 0.29) is 0 Å². The first kappa shape index (κ1) is 10.7. The van der Waals surface area contributed by atoms with Crippen LogP contribution in [0.3, 0.4) is 0 Å². The second-order valence-electron chi connectivity index (χ2n) is 4.47. The molecular weight excluding hydrogens is 234 g/mol. The summed E-state index contributed by atoms with van der Waals surface area (Å²) >= 11 is 6.18. The number of rotatable bonds is 2. The van der Waals surface area contributed by atoms with Gasteiger partial charge in [0.1, 0.15) is 17.3 Å². The lowest BCUT2D eigenvalue weighted by Gasteiger charge is -2.05. The third-order valence-electron chi connectivity index (χ3n) is 3.17. The maximum atomic E-state index is 6.19. The maximum absolute atomic E-state index is 6.19. The van der Waals surface area contributed by atoms with Crippen molar-refractivity contribution in [2.24, 2.45) is 0 Å². The number of hydrogen-bond acceptors (Lipinski definition) is 2. The summed E-state index contributed by atoms with van der Waals surface area (Å²) in [5.41, 5.74) is 7.90. The fourth-order valence-electron chi connectivity index (χ4n) is 2.21. The van der Waals surface area contributed by atoms with Gasteiger partial charge in [-0.25, -0.2) is 4.98 Å². The summed E-state index contributed by atoms with van der Waals surface area (Å²) in [6, 6.07) is 8.22. The van der Waals surface area contributed by atoms with Crippen LogP contribution >= 0.6 is 11.6 Å². The van der Waals surface area contributed by atoms with Crippen LogP contribution in [0.2, 0.25) is 5.02 Å². The van der Waals surface area contributed by atoms with Crippen LogP contribution in [-0.2, 0) is 0 Å². The lowest BCUT2D eigenvalue weighted by Crippen LogP contribution is -2.02. The first-order chi connectivity index (χ1) is 8.18. The van der Waals surface area contributed by atoms with Gasteiger partial charge in [-0.2, -0.15) is 0 Å². The lowest BCUT2D eigenvalue weighted by molar-refractivity contribution is 0.720. The summed E-state index contributed by atoms with van der Waals surface area (Å²) in [6.07, 6.45) is 2.40. The van der Waals surface area contributed by atoms with E-state index in [4.69, 9.17) is 17.3 Å². The Morgan fingerprint density at radius 1 is 1.35 bits per heavy atom. The molecule has 0 unspecified atom stereocenters. The molecule has 0 atom stereocenters. The second-order valence-corrected chi connectivity index (χ2v) is 4.88. The van der Waals surface area contributed by atoms with Crippen LogP contribution in [0.1, 0.15) is 24.7 Å². The predicted octanol–water partition coefficient (Wildman–Crippen LogP) is 3.43. The Hall–Kier alpha value is -1.48. The van der Waals surface area contributed by atoms with Crippen molar-refractivity contribution in [3.63, 3.8) is 0 Å². The highest BCUT2D eigenvalue weighted by Gasteiger charge is 2.29. The molecule has 2 aromatic rings. The molecular formula is C13H14ClN3. The number of imidazole rings is 1. The highest BCUT2D eigenvalue weighted by atomic mass is 35.5. The number of aromatic nitrogens is 2. The number of nitrogens with two attached hydrogens (primary N) is 1. The molecule has 1 aromatic carbocycles. The van der Waals surface area contributed by atoms with E-state index in [1.54, 1.807) is 0 Å². The molecule has 0 saturated heterocycles. The summed E-state index contributed by atoms with van der Waals surface area (Å²) in [5.74, 6) is 1.71. The fraction of sp³-hybridized carbons (Fsp3) is 0.308. The van der Waals surface area contributed by atoms with Gasteiger partial charge in [-0.15, -0.1) is 0 Å². The third-order valence-corrected chi connectivity index (χ3v) is 3.49. The number of nitrogen functional groups attached to an aromatic ring is 1. The Balaban J connectivity index is 2.16. The summed E-state index contributed by atoms with van der Waals surface area (Å²) in [4.78, 5) is 4.56. The molecule has 1 heterocycles. The van der Waals surface area contributed by atoms with E-state index in [0.29, 0.717) is 11.1 Å². The smallest absolute Gasteiger partial charge is 0.132 e. The van der Waals surface area contributed by atoms with Gasteiger partial charge in [-0.1, -0.05) is 29.8 Å². The van der Waals surface area contributed by atoms with Gasteiger partial charge >= 0.3 is 0 Å². The minimum absolute atomic E-state index is 0.540. The van der Waals surface area contributed by atoms with E-state index >= 15 is 0 Å². The van der Waals surface area contributed by atoms with E-state index in [9.17, 15) is 0 Å². The van der Waals surface area contributed by atoms with Crippen LogP contribution in [0, 0.1) is 6.92 Å². The summed E-state index contributed by atoms with van der Waals surface area (Å²) in [7, 11) is 0. The monoisotopic (exact) mass is 247 g/mol. The summed E-state index contributed by atoms with van der Waals surface area (Å²) < 4.78 is 2.12. The van der Waals surface area contributed by atoms with Crippen molar-refractivity contribution in [2.45, 2.75) is 25.8 Å². The van der Waals surface area contributed by atoms with Crippen molar-refractivity contribution in [1.82, 2.24) is 9.55 Å². The number of halogens is 1. The fourth-order valence-corrected chi connectivity index (χ4v) is 2.43. The highest BCUT2D eigenvalue weighted by molar-refractivity contribution is 6.33. The van der Waals surface area contributed by atoms with Gasteiger partial charge < -0.3 is 10.3 Å². The molecule has 0 spiro atoms. The maximum Gasteiger partial charge on any atom is 0.132 e. The van der Waals surface area contributed by atoms with Crippen LogP contribution in [-0.4, -0.2) is 9.55 Å². The van der Waals surface area contributed by atoms with Crippen LogP contribution in [0.5, 0.6) is 0 Å². The molecule has 1 fully saturated rings. The van der Waals surface area contributed by atoms with Gasteiger partial charge in [-0.3, -0.25) is 0 Å². The molecule has 0 bridgehead atoms. The average Bonchev–Trinajstić information content (AvgIpc) is 3.07. The van der Waals surface area contributed by atoms with Gasteiger partial charge in [0.15, 0.2) is 0 Å². The van der Waals surface area contributed by atoms with Crippen LogP contribution in [0.4, 0.5) is 5.82 Å². The zero-order valence-corrected chi connectivity index (χ0v) is 10.4. The second kappa shape index (κ2) is 3.77. The quantitative estimate of drug-likeness (QED) is 0.884. The Morgan fingerprint density at radius 3 is 2.71 bits per heavy atom.